The summed E-state index contributed by atoms with van der Waals surface area (Å²) >= 11 is 5.34. The molecule has 39 heavy (non-hydrogen) atoms. The van der Waals surface area contributed by atoms with E-state index < -0.39 is 0 Å². The minimum atomic E-state index is -0.282. The number of unbranched alkanes of at least 4 members (excludes halogenated alkanes) is 1. The Morgan fingerprint density at radius 1 is 0.923 bits per heavy atom. The maximum Gasteiger partial charge on any atom is 0.257 e. The zero-order chi connectivity index (χ0) is 27.5. The second-order valence-corrected chi connectivity index (χ2v) is 9.65. The molecule has 4 rings (SSSR count). The third kappa shape index (κ3) is 8.41. The summed E-state index contributed by atoms with van der Waals surface area (Å²) in [6.07, 6.45) is 5.56. The lowest BCUT2D eigenvalue weighted by molar-refractivity contribution is -0.126. The third-order valence-corrected chi connectivity index (χ3v) is 6.61. The lowest BCUT2D eigenvalue weighted by Gasteiger charge is -2.35. The Morgan fingerprint density at radius 2 is 1.62 bits per heavy atom. The van der Waals surface area contributed by atoms with Crippen LogP contribution in [-0.4, -0.2) is 54.6 Å². The van der Waals surface area contributed by atoms with Crippen LogP contribution in [0.2, 0.25) is 0 Å². The van der Waals surface area contributed by atoms with Crippen molar-refractivity contribution in [2.45, 2.75) is 19.8 Å². The molecule has 0 unspecified atom stereocenters. The highest BCUT2D eigenvalue weighted by Crippen LogP contribution is 2.20. The molecule has 0 radical (unpaired) electrons. The number of thiocarbonyl (C=S) groups is 1. The fraction of sp³-hybridized carbons (Fsp3) is 0.258. The van der Waals surface area contributed by atoms with Gasteiger partial charge in [-0.15, -0.1) is 0 Å². The van der Waals surface area contributed by atoms with E-state index in [1.807, 2.05) is 65.6 Å². The smallest absolute Gasteiger partial charge is 0.257 e. The third-order valence-electron chi connectivity index (χ3n) is 6.41. The molecule has 0 bridgehead atoms. The number of ether oxygens (including phenoxy) is 1. The Labute approximate surface area is 235 Å². The van der Waals surface area contributed by atoms with Gasteiger partial charge in [0.1, 0.15) is 5.75 Å². The van der Waals surface area contributed by atoms with E-state index in [4.69, 9.17) is 17.0 Å². The molecule has 0 aromatic heterocycles. The number of benzene rings is 3. The highest BCUT2D eigenvalue weighted by molar-refractivity contribution is 7.80. The predicted octanol–water partition coefficient (Wildman–Crippen LogP) is 5.35. The van der Waals surface area contributed by atoms with Gasteiger partial charge in [0.2, 0.25) is 5.91 Å². The van der Waals surface area contributed by atoms with Crippen molar-refractivity contribution in [2.75, 3.05) is 43.0 Å². The van der Waals surface area contributed by atoms with Crippen LogP contribution in [0.4, 0.5) is 11.4 Å². The average molecular weight is 543 g/mol. The molecule has 7 nitrogen and oxygen atoms in total. The first-order valence-corrected chi connectivity index (χ1v) is 13.6. The summed E-state index contributed by atoms with van der Waals surface area (Å²) in [6, 6.07) is 24.7. The van der Waals surface area contributed by atoms with Crippen molar-refractivity contribution < 1.29 is 14.3 Å². The monoisotopic (exact) mass is 542 g/mol. The Morgan fingerprint density at radius 3 is 2.28 bits per heavy atom. The fourth-order valence-electron chi connectivity index (χ4n) is 4.15. The maximum absolute atomic E-state index is 12.6. The molecule has 1 saturated heterocycles. The molecule has 0 aliphatic carbocycles. The lowest BCUT2D eigenvalue weighted by atomic mass is 10.2. The fourth-order valence-corrected chi connectivity index (χ4v) is 4.36. The molecule has 2 amide bonds. The van der Waals surface area contributed by atoms with Gasteiger partial charge < -0.3 is 19.9 Å². The van der Waals surface area contributed by atoms with Crippen molar-refractivity contribution in [3.8, 4) is 5.75 Å². The Balaban J connectivity index is 1.21. The normalized spacial score (nSPS) is 13.3. The summed E-state index contributed by atoms with van der Waals surface area (Å²) in [4.78, 5) is 29.2. The number of carbonyl (C=O) groups is 2. The summed E-state index contributed by atoms with van der Waals surface area (Å²) in [7, 11) is 0. The van der Waals surface area contributed by atoms with Crippen LogP contribution in [0.25, 0.3) is 6.08 Å². The second-order valence-electron chi connectivity index (χ2n) is 9.24. The SMILES string of the molecule is CCCCOc1ccc(C(=O)NC(=S)Nc2ccc(N3CCN(C(=O)/C=C/c4ccccc4)CC3)cc2)cc1. The van der Waals surface area contributed by atoms with E-state index in [0.29, 0.717) is 25.3 Å². The molecular weight excluding hydrogens is 508 g/mol. The molecular formula is C31H34N4O3S. The topological polar surface area (TPSA) is 73.9 Å². The summed E-state index contributed by atoms with van der Waals surface area (Å²) in [6.45, 7) is 5.63. The van der Waals surface area contributed by atoms with E-state index in [1.54, 1.807) is 30.3 Å². The zero-order valence-electron chi connectivity index (χ0n) is 22.1. The standard InChI is InChI=1S/C31H34N4O3S/c1-2-3-23-38-28-16-10-25(11-17-28)30(37)33-31(39)32-26-12-14-27(15-13-26)34-19-21-35(22-20-34)29(36)18-9-24-7-5-4-6-8-24/h4-18H,2-3,19-23H2,1H3,(H2,32,33,37,39)/b18-9+. The minimum absolute atomic E-state index is 0.0323. The molecule has 8 heteroatoms. The number of amides is 2. The number of carbonyl (C=O) groups excluding carboxylic acids is 2. The molecule has 1 aliphatic rings. The summed E-state index contributed by atoms with van der Waals surface area (Å²) < 4.78 is 5.64. The maximum atomic E-state index is 12.6. The largest absolute Gasteiger partial charge is 0.494 e. The Bertz CT molecular complexity index is 1270. The van der Waals surface area contributed by atoms with Crippen molar-refractivity contribution in [3.05, 3.63) is 96.1 Å². The van der Waals surface area contributed by atoms with Crippen LogP contribution >= 0.6 is 12.2 Å². The van der Waals surface area contributed by atoms with Gasteiger partial charge in [0, 0.05) is 49.2 Å². The average Bonchev–Trinajstić information content (AvgIpc) is 2.97. The number of hydrogen-bond acceptors (Lipinski definition) is 5. The van der Waals surface area contributed by atoms with Crippen LogP contribution in [0.5, 0.6) is 5.75 Å². The number of nitrogens with one attached hydrogen (secondary N) is 2. The first-order valence-electron chi connectivity index (χ1n) is 13.2. The highest BCUT2D eigenvalue weighted by atomic mass is 32.1. The van der Waals surface area contributed by atoms with Gasteiger partial charge in [0.15, 0.2) is 5.11 Å². The molecule has 1 fully saturated rings. The molecule has 0 spiro atoms. The Hall–Kier alpha value is -4.17. The first kappa shape index (κ1) is 27.9. The quantitative estimate of drug-likeness (QED) is 0.216. The molecule has 2 N–H and O–H groups in total. The van der Waals surface area contributed by atoms with Crippen molar-refractivity contribution in [1.29, 1.82) is 0 Å². The van der Waals surface area contributed by atoms with Gasteiger partial charge in [-0.3, -0.25) is 14.9 Å². The summed E-state index contributed by atoms with van der Waals surface area (Å²) in [5.74, 6) is 0.494. The number of piperazine rings is 1. The molecule has 1 aliphatic heterocycles. The number of hydrogen-bond donors (Lipinski definition) is 2. The van der Waals surface area contributed by atoms with Crippen LogP contribution in [0.3, 0.4) is 0 Å². The van der Waals surface area contributed by atoms with E-state index in [0.717, 1.165) is 48.6 Å². The van der Waals surface area contributed by atoms with Gasteiger partial charge in [-0.2, -0.15) is 0 Å². The Kier molecular flexibility index (Phi) is 10.1. The van der Waals surface area contributed by atoms with E-state index in [1.165, 1.54) is 0 Å². The van der Waals surface area contributed by atoms with Gasteiger partial charge in [0.25, 0.3) is 5.91 Å². The van der Waals surface area contributed by atoms with Gasteiger partial charge >= 0.3 is 0 Å². The van der Waals surface area contributed by atoms with Crippen LogP contribution in [0, 0.1) is 0 Å². The number of nitrogens with zero attached hydrogens (tertiary/aromatic N) is 2. The highest BCUT2D eigenvalue weighted by Gasteiger charge is 2.20. The number of anilines is 2. The van der Waals surface area contributed by atoms with Gasteiger partial charge in [-0.05, 0) is 78.8 Å². The number of rotatable bonds is 9. The summed E-state index contributed by atoms with van der Waals surface area (Å²) in [5.41, 5.74) is 3.37. The predicted molar refractivity (Wildman–Crippen MR) is 161 cm³/mol. The molecule has 0 saturated carbocycles. The van der Waals surface area contributed by atoms with Gasteiger partial charge in [0.05, 0.1) is 6.61 Å². The molecule has 202 valence electrons. The van der Waals surface area contributed by atoms with Gasteiger partial charge in [-0.25, -0.2) is 0 Å². The van der Waals surface area contributed by atoms with E-state index in [9.17, 15) is 9.59 Å². The van der Waals surface area contributed by atoms with Crippen LogP contribution in [0.15, 0.2) is 84.9 Å². The van der Waals surface area contributed by atoms with Gasteiger partial charge in [-0.1, -0.05) is 43.7 Å². The molecule has 3 aromatic rings. The zero-order valence-corrected chi connectivity index (χ0v) is 23.0. The van der Waals surface area contributed by atoms with Crippen LogP contribution < -0.4 is 20.3 Å². The van der Waals surface area contributed by atoms with Crippen molar-refractivity contribution in [2.24, 2.45) is 0 Å². The van der Waals surface area contributed by atoms with E-state index in [-0.39, 0.29) is 16.9 Å². The molecule has 3 aromatic carbocycles. The lowest BCUT2D eigenvalue weighted by Crippen LogP contribution is -2.48. The first-order chi connectivity index (χ1) is 19.0. The summed E-state index contributed by atoms with van der Waals surface area (Å²) in [5, 5.41) is 6.01. The van der Waals surface area contributed by atoms with E-state index in [2.05, 4.69) is 22.5 Å². The minimum Gasteiger partial charge on any atom is -0.494 e. The van der Waals surface area contributed by atoms with Crippen molar-refractivity contribution >= 4 is 46.6 Å². The molecule has 0 atom stereocenters. The van der Waals surface area contributed by atoms with E-state index >= 15 is 0 Å². The van der Waals surface area contributed by atoms with Crippen LogP contribution in [-0.2, 0) is 4.79 Å². The molecule has 1 heterocycles. The second kappa shape index (κ2) is 14.1. The van der Waals surface area contributed by atoms with Crippen LogP contribution in [0.1, 0.15) is 35.7 Å². The van der Waals surface area contributed by atoms with Crippen molar-refractivity contribution in [1.82, 2.24) is 10.2 Å². The van der Waals surface area contributed by atoms with Crippen molar-refractivity contribution in [3.63, 3.8) is 0 Å².